The lowest BCUT2D eigenvalue weighted by Crippen LogP contribution is -1.95. The van der Waals surface area contributed by atoms with Crippen molar-refractivity contribution in [2.45, 2.75) is 10.7 Å². The molecule has 0 amide bonds. The lowest BCUT2D eigenvalue weighted by molar-refractivity contribution is 0.728. The fourth-order valence-corrected chi connectivity index (χ4v) is 2.48. The Morgan fingerprint density at radius 2 is 2.09 bits per heavy atom. The molecular formula is C6H7Br2ClN2. The predicted octanol–water partition coefficient (Wildman–Crippen LogP) is 2.86. The maximum absolute atomic E-state index is 5.99. The number of nitrogens with zero attached hydrogens (tertiary/aromatic N) is 2. The van der Waals surface area contributed by atoms with Gasteiger partial charge in [-0.05, 0) is 0 Å². The Hall–Kier alpha value is 0.460. The fraction of sp³-hybridized carbons (Fsp3) is 0.500. The molecule has 0 atom stereocenters. The molecule has 0 aliphatic rings. The van der Waals surface area contributed by atoms with Crippen LogP contribution in [0, 0.1) is 0 Å². The van der Waals surface area contributed by atoms with Crippen LogP contribution in [0.2, 0.25) is 5.02 Å². The summed E-state index contributed by atoms with van der Waals surface area (Å²) >= 11 is 12.6. The average Bonchev–Trinajstić information content (AvgIpc) is 2.26. The summed E-state index contributed by atoms with van der Waals surface area (Å²) in [5.41, 5.74) is 1.91. The molecule has 2 nitrogen and oxygen atoms in total. The summed E-state index contributed by atoms with van der Waals surface area (Å²) in [7, 11) is 1.88. The highest BCUT2D eigenvalue weighted by molar-refractivity contribution is 9.08. The van der Waals surface area contributed by atoms with Gasteiger partial charge in [-0.25, -0.2) is 0 Å². The lowest BCUT2D eigenvalue weighted by Gasteiger charge is -1.94. The first-order chi connectivity index (χ1) is 5.20. The molecule has 1 heterocycles. The molecule has 0 N–H and O–H groups in total. The molecule has 0 fully saturated rings. The first-order valence-electron chi connectivity index (χ1n) is 3.03. The van der Waals surface area contributed by atoms with Crippen molar-refractivity contribution < 1.29 is 0 Å². The van der Waals surface area contributed by atoms with Crippen LogP contribution in [-0.4, -0.2) is 9.78 Å². The molecule has 0 saturated heterocycles. The van der Waals surface area contributed by atoms with Gasteiger partial charge in [-0.15, -0.1) is 0 Å². The number of hydrogen-bond donors (Lipinski definition) is 0. The fourth-order valence-electron chi connectivity index (χ4n) is 0.824. The van der Waals surface area contributed by atoms with Crippen LogP contribution in [0.3, 0.4) is 0 Å². The maximum atomic E-state index is 5.99. The summed E-state index contributed by atoms with van der Waals surface area (Å²) in [6, 6.07) is 0. The van der Waals surface area contributed by atoms with Crippen molar-refractivity contribution in [3.05, 3.63) is 16.4 Å². The normalized spacial score (nSPS) is 10.5. The van der Waals surface area contributed by atoms with E-state index in [2.05, 4.69) is 37.0 Å². The number of rotatable bonds is 2. The van der Waals surface area contributed by atoms with Crippen molar-refractivity contribution in [1.82, 2.24) is 9.78 Å². The van der Waals surface area contributed by atoms with Crippen molar-refractivity contribution in [2.75, 3.05) is 0 Å². The number of hydrogen-bond acceptors (Lipinski definition) is 1. The van der Waals surface area contributed by atoms with E-state index in [1.807, 2.05) is 7.05 Å². The molecule has 0 aromatic carbocycles. The first-order valence-corrected chi connectivity index (χ1v) is 5.65. The van der Waals surface area contributed by atoms with Gasteiger partial charge in [0.15, 0.2) is 0 Å². The van der Waals surface area contributed by atoms with Crippen molar-refractivity contribution in [2.24, 2.45) is 7.05 Å². The monoisotopic (exact) mass is 300 g/mol. The highest BCUT2D eigenvalue weighted by Crippen LogP contribution is 2.23. The summed E-state index contributed by atoms with van der Waals surface area (Å²) in [5.74, 6) is 0. The molecule has 1 rings (SSSR count). The summed E-state index contributed by atoms with van der Waals surface area (Å²) in [4.78, 5) is 0. The Kier molecular flexibility index (Phi) is 3.40. The van der Waals surface area contributed by atoms with E-state index in [4.69, 9.17) is 11.6 Å². The van der Waals surface area contributed by atoms with Gasteiger partial charge in [-0.1, -0.05) is 43.5 Å². The molecule has 1 aromatic heterocycles. The van der Waals surface area contributed by atoms with Crippen molar-refractivity contribution in [3.8, 4) is 0 Å². The van der Waals surface area contributed by atoms with Gasteiger partial charge in [-0.2, -0.15) is 5.10 Å². The highest BCUT2D eigenvalue weighted by atomic mass is 79.9. The minimum absolute atomic E-state index is 0.701. The lowest BCUT2D eigenvalue weighted by atomic mass is 10.4. The van der Waals surface area contributed by atoms with Crippen molar-refractivity contribution >= 4 is 43.5 Å². The zero-order chi connectivity index (χ0) is 8.43. The molecule has 0 radical (unpaired) electrons. The van der Waals surface area contributed by atoms with Gasteiger partial charge in [0.2, 0.25) is 0 Å². The van der Waals surface area contributed by atoms with Crippen LogP contribution in [0.25, 0.3) is 0 Å². The van der Waals surface area contributed by atoms with Crippen molar-refractivity contribution in [3.63, 3.8) is 0 Å². The first kappa shape index (κ1) is 9.55. The molecule has 0 unspecified atom stereocenters. The standard InChI is InChI=1S/C6H7Br2ClN2/c1-11-5(3-8)6(9)4(2-7)10-11/h2-3H2,1H3. The number of aryl methyl sites for hydroxylation is 1. The van der Waals surface area contributed by atoms with Crippen LogP contribution in [0.1, 0.15) is 11.4 Å². The zero-order valence-electron chi connectivity index (χ0n) is 5.94. The quantitative estimate of drug-likeness (QED) is 0.768. The molecule has 1 aromatic rings. The van der Waals surface area contributed by atoms with Crippen LogP contribution in [0.4, 0.5) is 0 Å². The van der Waals surface area contributed by atoms with Gasteiger partial charge in [0.1, 0.15) is 0 Å². The van der Waals surface area contributed by atoms with E-state index in [0.29, 0.717) is 5.33 Å². The molecule has 5 heteroatoms. The van der Waals surface area contributed by atoms with Crippen molar-refractivity contribution in [1.29, 1.82) is 0 Å². The molecule has 0 spiro atoms. The number of halogens is 3. The van der Waals surface area contributed by atoms with E-state index in [1.54, 1.807) is 4.68 Å². The molecule has 0 saturated carbocycles. The van der Waals surface area contributed by atoms with Gasteiger partial charge >= 0.3 is 0 Å². The minimum atomic E-state index is 0.701. The summed E-state index contributed by atoms with van der Waals surface area (Å²) in [6.07, 6.45) is 0. The summed E-state index contributed by atoms with van der Waals surface area (Å²) in [6.45, 7) is 0. The average molecular weight is 302 g/mol. The van der Waals surface area contributed by atoms with Gasteiger partial charge < -0.3 is 0 Å². The summed E-state index contributed by atoms with van der Waals surface area (Å²) in [5, 5.41) is 6.40. The van der Waals surface area contributed by atoms with Gasteiger partial charge in [0.25, 0.3) is 0 Å². The van der Waals surface area contributed by atoms with Crippen LogP contribution in [-0.2, 0) is 17.7 Å². The van der Waals surface area contributed by atoms with Gasteiger partial charge in [0.05, 0.1) is 16.4 Å². The van der Waals surface area contributed by atoms with Crippen LogP contribution < -0.4 is 0 Å². The van der Waals surface area contributed by atoms with E-state index < -0.39 is 0 Å². The molecule has 0 aliphatic heterocycles. The molecule has 62 valence electrons. The van der Waals surface area contributed by atoms with E-state index in [-0.39, 0.29) is 0 Å². The zero-order valence-corrected chi connectivity index (χ0v) is 9.87. The van der Waals surface area contributed by atoms with Gasteiger partial charge in [0, 0.05) is 17.7 Å². The van der Waals surface area contributed by atoms with Crippen LogP contribution >= 0.6 is 43.5 Å². The highest BCUT2D eigenvalue weighted by Gasteiger charge is 2.11. The second-order valence-electron chi connectivity index (χ2n) is 2.10. The maximum Gasteiger partial charge on any atom is 0.0919 e. The Bertz CT molecular complexity index is 259. The SMILES string of the molecule is Cn1nc(CBr)c(Cl)c1CBr. The third-order valence-electron chi connectivity index (χ3n) is 1.42. The Morgan fingerprint density at radius 3 is 2.36 bits per heavy atom. The molecule has 0 bridgehead atoms. The second-order valence-corrected chi connectivity index (χ2v) is 3.60. The summed E-state index contributed by atoms with van der Waals surface area (Å²) < 4.78 is 1.79. The largest absolute Gasteiger partial charge is 0.270 e. The predicted molar refractivity (Wildman–Crippen MR) is 53.5 cm³/mol. The van der Waals surface area contributed by atoms with E-state index in [0.717, 1.165) is 21.7 Å². The minimum Gasteiger partial charge on any atom is -0.270 e. The third kappa shape index (κ3) is 1.79. The van der Waals surface area contributed by atoms with Gasteiger partial charge in [-0.3, -0.25) is 4.68 Å². The topological polar surface area (TPSA) is 17.8 Å². The number of alkyl halides is 2. The van der Waals surface area contributed by atoms with E-state index in [9.17, 15) is 0 Å². The Balaban J connectivity index is 3.14. The molecule has 11 heavy (non-hydrogen) atoms. The molecule has 0 aliphatic carbocycles. The Morgan fingerprint density at radius 1 is 1.45 bits per heavy atom. The van der Waals surface area contributed by atoms with E-state index in [1.165, 1.54) is 0 Å². The molecular weight excluding hydrogens is 295 g/mol. The van der Waals surface area contributed by atoms with Crippen LogP contribution in [0.5, 0.6) is 0 Å². The Labute approximate surface area is 87.2 Å². The second kappa shape index (κ2) is 3.92. The van der Waals surface area contributed by atoms with E-state index >= 15 is 0 Å². The van der Waals surface area contributed by atoms with Crippen LogP contribution in [0.15, 0.2) is 0 Å². The number of aromatic nitrogens is 2. The smallest absolute Gasteiger partial charge is 0.0919 e. The third-order valence-corrected chi connectivity index (χ3v) is 2.92.